The van der Waals surface area contributed by atoms with E-state index < -0.39 is 0 Å². The van der Waals surface area contributed by atoms with Crippen molar-refractivity contribution in [3.63, 3.8) is 0 Å². The summed E-state index contributed by atoms with van der Waals surface area (Å²) < 4.78 is 11.1. The monoisotopic (exact) mass is 514 g/mol. The highest BCUT2D eigenvalue weighted by Crippen LogP contribution is 2.26. The number of aldehydes is 2. The van der Waals surface area contributed by atoms with Crippen LogP contribution in [0.25, 0.3) is 0 Å². The van der Waals surface area contributed by atoms with Crippen LogP contribution in [-0.2, 0) is 19.1 Å². The number of rotatable bonds is 10. The van der Waals surface area contributed by atoms with Gasteiger partial charge in [0.1, 0.15) is 12.6 Å². The molecular weight excluding hydrogens is 476 g/mol. The number of hydrogen-bond acceptors (Lipinski definition) is 6. The topological polar surface area (TPSA) is 76.7 Å². The summed E-state index contributed by atoms with van der Waals surface area (Å²) in [5, 5.41) is 6.58. The van der Waals surface area contributed by atoms with Gasteiger partial charge in [-0.1, -0.05) is 35.4 Å². The lowest BCUT2D eigenvalue weighted by Gasteiger charge is -2.18. The summed E-state index contributed by atoms with van der Waals surface area (Å²) in [6.07, 6.45) is 8.74. The maximum absolute atomic E-state index is 11.1. The molecule has 38 heavy (non-hydrogen) atoms. The Balaban J connectivity index is 0.000000211. The molecule has 0 amide bonds. The van der Waals surface area contributed by atoms with Crippen LogP contribution in [0, 0.1) is 13.8 Å². The minimum atomic E-state index is 0.653. The first-order valence-corrected chi connectivity index (χ1v) is 13.2. The second-order valence-electron chi connectivity index (χ2n) is 9.18. The molecule has 0 aromatic heterocycles. The van der Waals surface area contributed by atoms with Gasteiger partial charge in [-0.3, -0.25) is 9.59 Å². The summed E-state index contributed by atoms with van der Waals surface area (Å²) in [4.78, 5) is 22.2. The summed E-state index contributed by atoms with van der Waals surface area (Å²) in [5.74, 6) is 1.87. The van der Waals surface area contributed by atoms with E-state index in [4.69, 9.17) is 9.47 Å². The van der Waals surface area contributed by atoms with Crippen LogP contribution in [-0.4, -0.2) is 25.8 Å². The van der Waals surface area contributed by atoms with Crippen molar-refractivity contribution in [2.24, 2.45) is 0 Å². The lowest BCUT2D eigenvalue weighted by atomic mass is 10.0. The highest BCUT2D eigenvalue weighted by molar-refractivity contribution is 5.79. The summed E-state index contributed by atoms with van der Waals surface area (Å²) in [5.41, 5.74) is 7.66. The van der Waals surface area contributed by atoms with E-state index in [2.05, 4.69) is 10.6 Å². The number of aryl methyl sites for hydroxylation is 2. The smallest absolute Gasteiger partial charge is 0.148 e. The molecule has 2 aliphatic carbocycles. The normalized spacial score (nSPS) is 14.9. The van der Waals surface area contributed by atoms with Crippen molar-refractivity contribution in [1.82, 2.24) is 0 Å². The van der Waals surface area contributed by atoms with Gasteiger partial charge < -0.3 is 20.1 Å². The Morgan fingerprint density at radius 1 is 0.632 bits per heavy atom. The number of ether oxygens (including phenoxy) is 2. The van der Waals surface area contributed by atoms with Crippen LogP contribution in [0.2, 0.25) is 0 Å². The van der Waals surface area contributed by atoms with Crippen LogP contribution in [0.5, 0.6) is 0 Å². The maximum atomic E-state index is 11.1. The van der Waals surface area contributed by atoms with E-state index in [1.54, 1.807) is 0 Å². The van der Waals surface area contributed by atoms with Crippen LogP contribution in [0.1, 0.15) is 50.7 Å². The average Bonchev–Trinajstić information content (AvgIpc) is 2.92. The van der Waals surface area contributed by atoms with Gasteiger partial charge in [0, 0.05) is 46.8 Å². The van der Waals surface area contributed by atoms with Crippen molar-refractivity contribution < 1.29 is 19.1 Å². The van der Waals surface area contributed by atoms with Crippen LogP contribution >= 0.6 is 0 Å². The van der Waals surface area contributed by atoms with E-state index in [-0.39, 0.29) is 0 Å². The molecule has 2 N–H and O–H groups in total. The Hall–Kier alpha value is -4.06. The van der Waals surface area contributed by atoms with Crippen LogP contribution in [0.4, 0.5) is 11.4 Å². The number of anilines is 2. The lowest BCUT2D eigenvalue weighted by Crippen LogP contribution is -2.09. The third-order valence-electron chi connectivity index (χ3n) is 6.19. The first-order chi connectivity index (χ1) is 18.4. The summed E-state index contributed by atoms with van der Waals surface area (Å²) in [7, 11) is 0. The molecule has 0 spiro atoms. The van der Waals surface area contributed by atoms with Crippen molar-refractivity contribution in [2.75, 3.05) is 23.8 Å². The molecule has 2 aliphatic rings. The Morgan fingerprint density at radius 3 is 1.32 bits per heavy atom. The quantitative estimate of drug-likeness (QED) is 0.328. The molecule has 0 saturated carbocycles. The molecule has 0 radical (unpaired) electrons. The van der Waals surface area contributed by atoms with Crippen molar-refractivity contribution in [2.45, 2.75) is 53.4 Å². The minimum absolute atomic E-state index is 0.653. The first-order valence-electron chi connectivity index (χ1n) is 13.2. The molecular formula is C32H38N2O4. The van der Waals surface area contributed by atoms with E-state index >= 15 is 0 Å². The van der Waals surface area contributed by atoms with Gasteiger partial charge in [0.05, 0.1) is 24.7 Å². The third-order valence-corrected chi connectivity index (χ3v) is 6.19. The zero-order valence-corrected chi connectivity index (χ0v) is 22.8. The lowest BCUT2D eigenvalue weighted by molar-refractivity contribution is -0.105. The van der Waals surface area contributed by atoms with Crippen LogP contribution in [0.15, 0.2) is 94.7 Å². The van der Waals surface area contributed by atoms with Crippen LogP contribution < -0.4 is 10.6 Å². The Bertz CT molecular complexity index is 1120. The fourth-order valence-corrected chi connectivity index (χ4v) is 4.10. The second kappa shape index (κ2) is 14.6. The first kappa shape index (κ1) is 28.5. The molecule has 6 heteroatoms. The van der Waals surface area contributed by atoms with Crippen molar-refractivity contribution in [3.05, 3.63) is 106 Å². The van der Waals surface area contributed by atoms with Crippen molar-refractivity contribution in [1.29, 1.82) is 0 Å². The van der Waals surface area contributed by atoms with Gasteiger partial charge in [-0.05, 0) is 77.0 Å². The Kier molecular flexibility index (Phi) is 11.0. The molecule has 4 rings (SSSR count). The van der Waals surface area contributed by atoms with E-state index in [1.165, 1.54) is 11.1 Å². The fraction of sp³-hybridized carbons (Fsp3) is 0.312. The SMILES string of the molecule is CCOC1=CC(Nc2ccc(C)cc2)=C(C=O)CC1.CCOC1=CC(Nc2ccc(C)cc2)=C(C=O)CC1. The molecule has 0 saturated heterocycles. The zero-order valence-electron chi connectivity index (χ0n) is 22.8. The van der Waals surface area contributed by atoms with Crippen molar-refractivity contribution >= 4 is 23.9 Å². The fourth-order valence-electron chi connectivity index (χ4n) is 4.10. The molecule has 0 heterocycles. The van der Waals surface area contributed by atoms with E-state index in [0.717, 1.165) is 83.7 Å². The predicted molar refractivity (Wildman–Crippen MR) is 154 cm³/mol. The molecule has 0 unspecified atom stereocenters. The van der Waals surface area contributed by atoms with Gasteiger partial charge in [-0.25, -0.2) is 0 Å². The largest absolute Gasteiger partial charge is 0.498 e. The van der Waals surface area contributed by atoms with E-state index in [9.17, 15) is 9.59 Å². The molecule has 2 aromatic carbocycles. The molecule has 6 nitrogen and oxygen atoms in total. The number of hydrogen-bond donors (Lipinski definition) is 2. The molecule has 2 aromatic rings. The second-order valence-corrected chi connectivity index (χ2v) is 9.18. The van der Waals surface area contributed by atoms with Gasteiger partial charge in [0.15, 0.2) is 0 Å². The van der Waals surface area contributed by atoms with E-state index in [0.29, 0.717) is 13.2 Å². The summed E-state index contributed by atoms with van der Waals surface area (Å²) in [6.45, 7) is 9.33. The number of carbonyl (C=O) groups excluding carboxylic acids is 2. The molecule has 0 atom stereocenters. The maximum Gasteiger partial charge on any atom is 0.148 e. The third kappa shape index (κ3) is 8.51. The Morgan fingerprint density at radius 2 is 1.00 bits per heavy atom. The number of nitrogens with one attached hydrogen (secondary N) is 2. The highest BCUT2D eigenvalue weighted by Gasteiger charge is 2.15. The van der Waals surface area contributed by atoms with Gasteiger partial charge >= 0.3 is 0 Å². The minimum Gasteiger partial charge on any atom is -0.498 e. The molecule has 0 aliphatic heterocycles. The van der Waals surface area contributed by atoms with Gasteiger partial charge in [0.2, 0.25) is 0 Å². The Labute approximate surface area is 226 Å². The van der Waals surface area contributed by atoms with Gasteiger partial charge in [0.25, 0.3) is 0 Å². The molecule has 0 bridgehead atoms. The number of allylic oxidation sites excluding steroid dienone is 6. The van der Waals surface area contributed by atoms with Crippen molar-refractivity contribution in [3.8, 4) is 0 Å². The molecule has 200 valence electrons. The standard InChI is InChI=1S/2C16H19NO2/c2*1-3-19-15-9-6-13(11-18)16(10-15)17-14-7-4-12(2)5-8-14/h2*4-5,7-8,10-11,17H,3,6,9H2,1-2H3. The predicted octanol–water partition coefficient (Wildman–Crippen LogP) is 7.15. The van der Waals surface area contributed by atoms with Gasteiger partial charge in [-0.2, -0.15) is 0 Å². The number of carbonyl (C=O) groups is 2. The average molecular weight is 515 g/mol. The molecule has 0 fully saturated rings. The summed E-state index contributed by atoms with van der Waals surface area (Å²) in [6, 6.07) is 16.2. The van der Waals surface area contributed by atoms with E-state index in [1.807, 2.05) is 88.4 Å². The van der Waals surface area contributed by atoms with Crippen LogP contribution in [0.3, 0.4) is 0 Å². The summed E-state index contributed by atoms with van der Waals surface area (Å²) >= 11 is 0. The number of benzene rings is 2. The zero-order chi connectivity index (χ0) is 27.3. The highest BCUT2D eigenvalue weighted by atomic mass is 16.5. The van der Waals surface area contributed by atoms with Gasteiger partial charge in [-0.15, -0.1) is 0 Å².